The van der Waals surface area contributed by atoms with Gasteiger partial charge in [-0.15, -0.1) is 0 Å². The van der Waals surface area contributed by atoms with Crippen molar-refractivity contribution in [2.45, 2.75) is 46.1 Å². The zero-order chi connectivity index (χ0) is 18.0. The molecule has 0 radical (unpaired) electrons. The van der Waals surface area contributed by atoms with Crippen molar-refractivity contribution in [1.82, 2.24) is 9.55 Å². The molecule has 0 aliphatic carbocycles. The molecule has 0 saturated heterocycles. The van der Waals surface area contributed by atoms with Crippen LogP contribution in [0, 0.1) is 6.92 Å². The molecule has 0 spiro atoms. The normalized spacial score (nSPS) is 11.3. The summed E-state index contributed by atoms with van der Waals surface area (Å²) >= 11 is 0. The largest absolute Gasteiger partial charge is 0.497 e. The minimum atomic E-state index is -0.348. The molecule has 0 bridgehead atoms. The maximum absolute atomic E-state index is 12.8. The van der Waals surface area contributed by atoms with E-state index in [-0.39, 0.29) is 22.1 Å². The van der Waals surface area contributed by atoms with E-state index in [0.29, 0.717) is 29.1 Å². The molecule has 6 nitrogen and oxygen atoms in total. The van der Waals surface area contributed by atoms with Crippen molar-refractivity contribution in [3.8, 4) is 5.75 Å². The quantitative estimate of drug-likeness (QED) is 0.507. The Morgan fingerprint density at radius 3 is 2.72 bits per heavy atom. The summed E-state index contributed by atoms with van der Waals surface area (Å²) in [6.07, 6.45) is 4.19. The van der Waals surface area contributed by atoms with E-state index >= 15 is 0 Å². The fraction of sp³-hybridized carbons (Fsp3) is 0.421. The van der Waals surface area contributed by atoms with Crippen LogP contribution in [0.2, 0.25) is 0 Å². The van der Waals surface area contributed by atoms with Crippen LogP contribution in [0.15, 0.2) is 32.2 Å². The van der Waals surface area contributed by atoms with E-state index in [0.717, 1.165) is 25.7 Å². The van der Waals surface area contributed by atoms with E-state index in [9.17, 15) is 9.59 Å². The molecule has 0 fully saturated rings. The van der Waals surface area contributed by atoms with Crippen LogP contribution in [0.25, 0.3) is 22.1 Å². The van der Waals surface area contributed by atoms with Gasteiger partial charge in [0.25, 0.3) is 5.56 Å². The maximum atomic E-state index is 12.8. The molecule has 0 aliphatic heterocycles. The molecule has 0 N–H and O–H groups in total. The molecule has 6 heteroatoms. The van der Waals surface area contributed by atoms with Gasteiger partial charge < -0.3 is 9.15 Å². The monoisotopic (exact) mass is 342 g/mol. The minimum absolute atomic E-state index is 0.0127. The fourth-order valence-corrected chi connectivity index (χ4v) is 3.01. The van der Waals surface area contributed by atoms with Crippen molar-refractivity contribution in [1.29, 1.82) is 0 Å². The number of nitrogens with zero attached hydrogens (tertiary/aromatic N) is 2. The van der Waals surface area contributed by atoms with Crippen LogP contribution in [-0.4, -0.2) is 16.7 Å². The molecule has 0 atom stereocenters. The number of aryl methyl sites for hydroxylation is 1. The van der Waals surface area contributed by atoms with Crippen LogP contribution < -0.4 is 15.7 Å². The average Bonchev–Trinajstić information content (AvgIpc) is 2.60. The Kier molecular flexibility index (Phi) is 4.88. The molecule has 0 aliphatic rings. The first-order valence-corrected chi connectivity index (χ1v) is 8.58. The third-order valence-electron chi connectivity index (χ3n) is 4.43. The van der Waals surface area contributed by atoms with Crippen molar-refractivity contribution in [3.63, 3.8) is 0 Å². The maximum Gasteiger partial charge on any atom is 0.268 e. The summed E-state index contributed by atoms with van der Waals surface area (Å²) in [4.78, 5) is 30.0. The second-order valence-electron chi connectivity index (χ2n) is 6.15. The Hall–Kier alpha value is -2.63. The van der Waals surface area contributed by atoms with E-state index < -0.39 is 0 Å². The van der Waals surface area contributed by atoms with Gasteiger partial charge in [-0.2, -0.15) is 4.98 Å². The lowest BCUT2D eigenvalue weighted by Gasteiger charge is -2.10. The van der Waals surface area contributed by atoms with Gasteiger partial charge in [0.15, 0.2) is 5.39 Å². The summed E-state index contributed by atoms with van der Waals surface area (Å²) in [5.41, 5.74) is -0.230. The summed E-state index contributed by atoms with van der Waals surface area (Å²) < 4.78 is 12.5. The van der Waals surface area contributed by atoms with Gasteiger partial charge in [0, 0.05) is 12.6 Å². The fourth-order valence-electron chi connectivity index (χ4n) is 3.01. The number of fused-ring (bicyclic) bond motifs is 2. The predicted octanol–water partition coefficient (Wildman–Crippen LogP) is 3.40. The van der Waals surface area contributed by atoms with Crippen molar-refractivity contribution in [3.05, 3.63) is 44.6 Å². The van der Waals surface area contributed by atoms with Gasteiger partial charge in [-0.3, -0.25) is 14.2 Å². The summed E-state index contributed by atoms with van der Waals surface area (Å²) in [6, 6.07) is 4.92. The van der Waals surface area contributed by atoms with Gasteiger partial charge in [0.1, 0.15) is 17.2 Å². The first-order valence-electron chi connectivity index (χ1n) is 8.58. The highest BCUT2D eigenvalue weighted by Gasteiger charge is 2.16. The van der Waals surface area contributed by atoms with E-state index in [1.165, 1.54) is 0 Å². The Morgan fingerprint density at radius 2 is 2.00 bits per heavy atom. The van der Waals surface area contributed by atoms with Crippen LogP contribution in [-0.2, 0) is 6.54 Å². The van der Waals surface area contributed by atoms with Crippen LogP contribution in [0.4, 0.5) is 0 Å². The molecule has 2 heterocycles. The van der Waals surface area contributed by atoms with Gasteiger partial charge in [-0.1, -0.05) is 26.2 Å². The number of methoxy groups -OCH3 is 1. The number of rotatable bonds is 6. The smallest absolute Gasteiger partial charge is 0.268 e. The Morgan fingerprint density at radius 1 is 1.20 bits per heavy atom. The highest BCUT2D eigenvalue weighted by Crippen LogP contribution is 2.21. The molecule has 3 rings (SSSR count). The summed E-state index contributed by atoms with van der Waals surface area (Å²) in [5, 5.41) is 0.368. The number of benzene rings is 1. The van der Waals surface area contributed by atoms with E-state index in [2.05, 4.69) is 11.9 Å². The lowest BCUT2D eigenvalue weighted by atomic mass is 10.2. The second kappa shape index (κ2) is 7.09. The average molecular weight is 342 g/mol. The molecule has 3 aromatic rings. The number of ether oxygens (including phenoxy) is 1. The Balaban J connectivity index is 2.17. The third kappa shape index (κ3) is 3.16. The van der Waals surface area contributed by atoms with Gasteiger partial charge in [-0.25, -0.2) is 0 Å². The molecule has 132 valence electrons. The molecular formula is C19H22N2O4. The van der Waals surface area contributed by atoms with Crippen molar-refractivity contribution >= 4 is 22.1 Å². The molecule has 25 heavy (non-hydrogen) atoms. The minimum Gasteiger partial charge on any atom is -0.497 e. The van der Waals surface area contributed by atoms with Crippen LogP contribution in [0.3, 0.4) is 0 Å². The van der Waals surface area contributed by atoms with E-state index in [1.54, 1.807) is 36.8 Å². The molecule has 0 unspecified atom stereocenters. The number of unbranched alkanes of at least 4 members (excludes halogenated alkanes) is 3. The predicted molar refractivity (Wildman–Crippen MR) is 97.5 cm³/mol. The topological polar surface area (TPSA) is 74.3 Å². The molecule has 0 amide bonds. The van der Waals surface area contributed by atoms with Crippen LogP contribution in [0.1, 0.15) is 38.4 Å². The summed E-state index contributed by atoms with van der Waals surface area (Å²) in [7, 11) is 1.54. The zero-order valence-electron chi connectivity index (χ0n) is 14.8. The van der Waals surface area contributed by atoms with Gasteiger partial charge in [0.2, 0.25) is 11.1 Å². The number of hydrogen-bond acceptors (Lipinski definition) is 5. The molecule has 0 saturated carbocycles. The lowest BCUT2D eigenvalue weighted by molar-refractivity contribution is 0.414. The number of hydrogen-bond donors (Lipinski definition) is 0. The lowest BCUT2D eigenvalue weighted by Crippen LogP contribution is -2.28. The zero-order valence-corrected chi connectivity index (χ0v) is 14.8. The van der Waals surface area contributed by atoms with Crippen molar-refractivity contribution < 1.29 is 9.15 Å². The SMILES string of the molecule is CCCCCCn1c(C)nc2oc3cc(OC)ccc3c(=O)c2c1=O. The summed E-state index contributed by atoms with van der Waals surface area (Å²) in [6.45, 7) is 4.46. The highest BCUT2D eigenvalue weighted by atomic mass is 16.5. The first kappa shape index (κ1) is 17.2. The van der Waals surface area contributed by atoms with Crippen molar-refractivity contribution in [2.75, 3.05) is 7.11 Å². The highest BCUT2D eigenvalue weighted by molar-refractivity contribution is 5.88. The first-order chi connectivity index (χ1) is 12.1. The number of aromatic nitrogens is 2. The third-order valence-corrected chi connectivity index (χ3v) is 4.43. The second-order valence-corrected chi connectivity index (χ2v) is 6.15. The van der Waals surface area contributed by atoms with E-state index in [1.807, 2.05) is 0 Å². The van der Waals surface area contributed by atoms with Gasteiger partial charge in [-0.05, 0) is 25.5 Å². The summed E-state index contributed by atoms with van der Waals surface area (Å²) in [5.74, 6) is 1.13. The molecule has 1 aromatic carbocycles. The van der Waals surface area contributed by atoms with Crippen molar-refractivity contribution in [2.24, 2.45) is 0 Å². The Bertz CT molecular complexity index is 1030. The van der Waals surface area contributed by atoms with Crippen LogP contribution >= 0.6 is 0 Å². The van der Waals surface area contributed by atoms with Crippen LogP contribution in [0.5, 0.6) is 5.75 Å². The molecular weight excluding hydrogens is 320 g/mol. The van der Waals surface area contributed by atoms with Gasteiger partial charge in [0.05, 0.1) is 12.5 Å². The van der Waals surface area contributed by atoms with E-state index in [4.69, 9.17) is 9.15 Å². The Labute approximate surface area is 145 Å². The standard InChI is InChI=1S/C19H22N2O4/c1-4-5-6-7-10-21-12(2)20-18-16(19(21)23)17(22)14-9-8-13(24-3)11-15(14)25-18/h8-9,11H,4-7,10H2,1-3H3. The molecule has 2 aromatic heterocycles. The van der Waals surface area contributed by atoms with Gasteiger partial charge >= 0.3 is 0 Å².